The van der Waals surface area contributed by atoms with Crippen LogP contribution in [0.3, 0.4) is 0 Å². The minimum absolute atomic E-state index is 0.402. The van der Waals surface area contributed by atoms with Crippen molar-refractivity contribution in [1.82, 2.24) is 4.98 Å². The highest BCUT2D eigenvalue weighted by Gasteiger charge is 2.14. The molecule has 0 spiro atoms. The van der Waals surface area contributed by atoms with E-state index in [0.717, 1.165) is 22.4 Å². The van der Waals surface area contributed by atoms with E-state index in [2.05, 4.69) is 4.98 Å². The van der Waals surface area contributed by atoms with Crippen molar-refractivity contribution in [2.75, 3.05) is 0 Å². The molecule has 0 radical (unpaired) electrons. The molecule has 1 atom stereocenters. The summed E-state index contributed by atoms with van der Waals surface area (Å²) in [5.41, 5.74) is 7.35. The molecule has 1 unspecified atom stereocenters. The molecule has 0 aliphatic rings. The summed E-state index contributed by atoms with van der Waals surface area (Å²) in [6, 6.07) is 10.3. The van der Waals surface area contributed by atoms with Gasteiger partial charge in [-0.3, -0.25) is 4.98 Å². The maximum absolute atomic E-state index is 13.3. The van der Waals surface area contributed by atoms with Gasteiger partial charge in [0.25, 0.3) is 0 Å². The molecule has 0 fully saturated rings. The average molecular weight is 270 g/mol. The van der Waals surface area contributed by atoms with E-state index in [9.17, 15) is 8.78 Å². The average Bonchev–Trinajstić information content (AvgIpc) is 2.45. The van der Waals surface area contributed by atoms with Crippen LogP contribution in [0.5, 0.6) is 0 Å². The molecule has 20 heavy (non-hydrogen) atoms. The van der Waals surface area contributed by atoms with Crippen molar-refractivity contribution in [1.29, 1.82) is 0 Å². The number of hydrogen-bond donors (Lipinski definition) is 1. The fourth-order valence-corrected chi connectivity index (χ4v) is 2.34. The molecule has 0 amide bonds. The van der Waals surface area contributed by atoms with Crippen LogP contribution in [0.2, 0.25) is 0 Å². The number of benzene rings is 2. The van der Waals surface area contributed by atoms with Gasteiger partial charge in [-0.15, -0.1) is 0 Å². The van der Waals surface area contributed by atoms with Gasteiger partial charge < -0.3 is 5.73 Å². The van der Waals surface area contributed by atoms with E-state index in [-0.39, 0.29) is 0 Å². The topological polar surface area (TPSA) is 38.9 Å². The molecule has 4 heteroatoms. The molecular formula is C16H12F2N2. The molecule has 0 bridgehead atoms. The van der Waals surface area contributed by atoms with E-state index in [1.807, 2.05) is 24.3 Å². The quantitative estimate of drug-likeness (QED) is 0.773. The van der Waals surface area contributed by atoms with Crippen molar-refractivity contribution >= 4 is 10.8 Å². The van der Waals surface area contributed by atoms with E-state index in [4.69, 9.17) is 5.73 Å². The van der Waals surface area contributed by atoms with Crippen molar-refractivity contribution in [2.24, 2.45) is 5.73 Å². The minimum atomic E-state index is -0.631. The molecule has 0 saturated heterocycles. The highest BCUT2D eigenvalue weighted by molar-refractivity contribution is 5.85. The van der Waals surface area contributed by atoms with Crippen LogP contribution in [0.15, 0.2) is 54.9 Å². The number of nitrogens with two attached hydrogens (primary N) is 1. The summed E-state index contributed by atoms with van der Waals surface area (Å²) in [5.74, 6) is -1.26. The third-order valence-electron chi connectivity index (χ3n) is 3.30. The van der Waals surface area contributed by atoms with Crippen LogP contribution >= 0.6 is 0 Å². The fraction of sp³-hybridized carbons (Fsp3) is 0.0625. The van der Waals surface area contributed by atoms with Gasteiger partial charge in [0.2, 0.25) is 0 Å². The van der Waals surface area contributed by atoms with E-state index < -0.39 is 17.7 Å². The number of hydrogen-bond acceptors (Lipinski definition) is 2. The maximum Gasteiger partial charge on any atom is 0.126 e. The molecule has 3 rings (SSSR count). The Labute approximate surface area is 114 Å². The van der Waals surface area contributed by atoms with E-state index in [0.29, 0.717) is 5.56 Å². The smallest absolute Gasteiger partial charge is 0.126 e. The maximum atomic E-state index is 13.3. The standard InChI is InChI=1S/C16H12F2N2/c17-12-6-11(7-13(18)8-12)16(19)14-3-1-2-10-4-5-20-9-15(10)14/h1-9,16H,19H2. The summed E-state index contributed by atoms with van der Waals surface area (Å²) in [7, 11) is 0. The molecular weight excluding hydrogens is 258 g/mol. The monoisotopic (exact) mass is 270 g/mol. The first kappa shape index (κ1) is 12.7. The van der Waals surface area contributed by atoms with Crippen LogP contribution in [0, 0.1) is 11.6 Å². The lowest BCUT2D eigenvalue weighted by molar-refractivity contribution is 0.577. The lowest BCUT2D eigenvalue weighted by Crippen LogP contribution is -2.13. The Morgan fingerprint density at radius 2 is 1.75 bits per heavy atom. The second-order valence-corrected chi connectivity index (χ2v) is 4.62. The molecule has 100 valence electrons. The second kappa shape index (κ2) is 4.98. The van der Waals surface area contributed by atoms with Crippen molar-refractivity contribution in [3.05, 3.63) is 77.6 Å². The normalized spacial score (nSPS) is 12.6. The number of aromatic nitrogens is 1. The van der Waals surface area contributed by atoms with Crippen LogP contribution in [0.1, 0.15) is 17.2 Å². The van der Waals surface area contributed by atoms with Gasteiger partial charge in [0.05, 0.1) is 6.04 Å². The summed E-state index contributed by atoms with van der Waals surface area (Å²) < 4.78 is 26.6. The van der Waals surface area contributed by atoms with Gasteiger partial charge in [0.1, 0.15) is 11.6 Å². The van der Waals surface area contributed by atoms with Crippen molar-refractivity contribution < 1.29 is 8.78 Å². The largest absolute Gasteiger partial charge is 0.320 e. The molecule has 2 aromatic carbocycles. The third-order valence-corrected chi connectivity index (χ3v) is 3.30. The third kappa shape index (κ3) is 2.26. The van der Waals surface area contributed by atoms with Crippen molar-refractivity contribution in [3.8, 4) is 0 Å². The van der Waals surface area contributed by atoms with Crippen LogP contribution in [-0.2, 0) is 0 Å². The lowest BCUT2D eigenvalue weighted by atomic mass is 9.95. The molecule has 3 aromatic rings. The highest BCUT2D eigenvalue weighted by Crippen LogP contribution is 2.27. The first-order valence-corrected chi connectivity index (χ1v) is 6.19. The zero-order valence-electron chi connectivity index (χ0n) is 10.6. The SMILES string of the molecule is NC(c1cc(F)cc(F)c1)c1cccc2ccncc12. The fourth-order valence-electron chi connectivity index (χ4n) is 2.34. The van der Waals surface area contributed by atoms with E-state index in [1.165, 1.54) is 12.1 Å². The van der Waals surface area contributed by atoms with Gasteiger partial charge >= 0.3 is 0 Å². The number of fused-ring (bicyclic) bond motifs is 1. The van der Waals surface area contributed by atoms with Crippen molar-refractivity contribution in [2.45, 2.75) is 6.04 Å². The molecule has 2 nitrogen and oxygen atoms in total. The van der Waals surface area contributed by atoms with Crippen LogP contribution < -0.4 is 5.73 Å². The highest BCUT2D eigenvalue weighted by atomic mass is 19.1. The number of nitrogens with zero attached hydrogens (tertiary/aromatic N) is 1. The van der Waals surface area contributed by atoms with Gasteiger partial charge in [-0.2, -0.15) is 0 Å². The summed E-state index contributed by atoms with van der Waals surface area (Å²) in [4.78, 5) is 4.08. The number of halogens is 2. The molecule has 0 aliphatic carbocycles. The van der Waals surface area contributed by atoms with Gasteiger partial charge in [-0.25, -0.2) is 8.78 Å². The molecule has 0 aliphatic heterocycles. The predicted octanol–water partition coefficient (Wildman–Crippen LogP) is 3.56. The van der Waals surface area contributed by atoms with Crippen LogP contribution in [0.4, 0.5) is 8.78 Å². The minimum Gasteiger partial charge on any atom is -0.320 e. The summed E-state index contributed by atoms with van der Waals surface area (Å²) in [5, 5.41) is 1.87. The Hall–Kier alpha value is -2.33. The van der Waals surface area contributed by atoms with E-state index >= 15 is 0 Å². The lowest BCUT2D eigenvalue weighted by Gasteiger charge is -2.15. The molecule has 0 saturated carbocycles. The molecule has 1 heterocycles. The summed E-state index contributed by atoms with van der Waals surface area (Å²) >= 11 is 0. The van der Waals surface area contributed by atoms with Crippen LogP contribution in [0.25, 0.3) is 10.8 Å². The van der Waals surface area contributed by atoms with Crippen LogP contribution in [-0.4, -0.2) is 4.98 Å². The Morgan fingerprint density at radius 3 is 2.50 bits per heavy atom. The molecule has 2 N–H and O–H groups in total. The second-order valence-electron chi connectivity index (χ2n) is 4.62. The van der Waals surface area contributed by atoms with Gasteiger partial charge in [0, 0.05) is 23.8 Å². The molecule has 1 aromatic heterocycles. The zero-order valence-corrected chi connectivity index (χ0v) is 10.6. The zero-order chi connectivity index (χ0) is 14.1. The Balaban J connectivity index is 2.15. The van der Waals surface area contributed by atoms with E-state index in [1.54, 1.807) is 12.4 Å². The van der Waals surface area contributed by atoms with Gasteiger partial charge in [-0.1, -0.05) is 18.2 Å². The Kier molecular flexibility index (Phi) is 3.16. The first-order chi connectivity index (χ1) is 9.65. The number of pyridine rings is 1. The Bertz CT molecular complexity index is 746. The number of rotatable bonds is 2. The first-order valence-electron chi connectivity index (χ1n) is 6.19. The Morgan fingerprint density at radius 1 is 1.00 bits per heavy atom. The van der Waals surface area contributed by atoms with Gasteiger partial charge in [0.15, 0.2) is 0 Å². The van der Waals surface area contributed by atoms with Crippen molar-refractivity contribution in [3.63, 3.8) is 0 Å². The summed E-state index contributed by atoms with van der Waals surface area (Å²) in [6.07, 6.45) is 3.40. The van der Waals surface area contributed by atoms with Gasteiger partial charge in [-0.05, 0) is 34.7 Å². The predicted molar refractivity (Wildman–Crippen MR) is 74.1 cm³/mol. The summed E-state index contributed by atoms with van der Waals surface area (Å²) in [6.45, 7) is 0.